The van der Waals surface area contributed by atoms with E-state index in [-0.39, 0.29) is 5.92 Å². The van der Waals surface area contributed by atoms with Crippen molar-refractivity contribution in [1.29, 1.82) is 0 Å². The van der Waals surface area contributed by atoms with E-state index in [1.807, 2.05) is 24.3 Å². The lowest BCUT2D eigenvalue weighted by molar-refractivity contribution is 0.203. The number of hydrogen-bond acceptors (Lipinski definition) is 4. The van der Waals surface area contributed by atoms with Gasteiger partial charge in [0, 0.05) is 31.4 Å². The van der Waals surface area contributed by atoms with Crippen LogP contribution in [0.15, 0.2) is 90.0 Å². The summed E-state index contributed by atoms with van der Waals surface area (Å²) >= 11 is 0. The molecule has 1 aromatic heterocycles. The molecule has 1 atom stereocenters. The van der Waals surface area contributed by atoms with Gasteiger partial charge in [0.2, 0.25) is 10.0 Å². The van der Waals surface area contributed by atoms with Crippen molar-refractivity contribution < 1.29 is 8.42 Å². The minimum atomic E-state index is -3.53. The van der Waals surface area contributed by atoms with Crippen molar-refractivity contribution >= 4 is 10.0 Å². The molecule has 1 saturated heterocycles. The molecule has 2 aromatic carbocycles. The van der Waals surface area contributed by atoms with E-state index >= 15 is 0 Å². The molecule has 174 valence electrons. The molecule has 6 heteroatoms. The first-order valence-corrected chi connectivity index (χ1v) is 13.2. The van der Waals surface area contributed by atoms with Crippen LogP contribution in [0.3, 0.4) is 0 Å². The molecule has 1 aliphatic heterocycles. The molecule has 0 N–H and O–H groups in total. The van der Waals surface area contributed by atoms with Gasteiger partial charge in [-0.25, -0.2) is 12.7 Å². The Balaban J connectivity index is 1.39. The number of hydrogen-bond donors (Lipinski definition) is 0. The zero-order valence-electron chi connectivity index (χ0n) is 19.3. The highest BCUT2D eigenvalue weighted by atomic mass is 32.2. The van der Waals surface area contributed by atoms with E-state index in [1.165, 1.54) is 22.7 Å². The van der Waals surface area contributed by atoms with Gasteiger partial charge in [-0.05, 0) is 74.6 Å². The van der Waals surface area contributed by atoms with Crippen LogP contribution >= 0.6 is 0 Å². The first-order valence-electron chi connectivity index (χ1n) is 11.7. The van der Waals surface area contributed by atoms with Gasteiger partial charge in [0.15, 0.2) is 0 Å². The first-order chi connectivity index (χ1) is 16.0. The van der Waals surface area contributed by atoms with E-state index in [9.17, 15) is 8.42 Å². The third-order valence-corrected chi connectivity index (χ3v) is 8.52. The Morgan fingerprint density at radius 3 is 2.21 bits per heavy atom. The fourth-order valence-electron chi connectivity index (χ4n) is 4.68. The van der Waals surface area contributed by atoms with Crippen LogP contribution in [0, 0.1) is 0 Å². The van der Waals surface area contributed by atoms with Gasteiger partial charge >= 0.3 is 0 Å². The predicted molar refractivity (Wildman–Crippen MR) is 133 cm³/mol. The average Bonchev–Trinajstić information content (AvgIpc) is 2.88. The van der Waals surface area contributed by atoms with Gasteiger partial charge in [-0.2, -0.15) is 0 Å². The van der Waals surface area contributed by atoms with Crippen LogP contribution in [-0.2, 0) is 10.0 Å². The summed E-state index contributed by atoms with van der Waals surface area (Å²) in [6, 6.07) is 25.3. The third kappa shape index (κ3) is 6.08. The summed E-state index contributed by atoms with van der Waals surface area (Å²) in [5.74, 6) is 0.678. The van der Waals surface area contributed by atoms with E-state index in [4.69, 9.17) is 0 Å². The van der Waals surface area contributed by atoms with Crippen LogP contribution in [-0.4, -0.2) is 55.8 Å². The predicted octanol–water partition coefficient (Wildman–Crippen LogP) is 4.76. The van der Waals surface area contributed by atoms with E-state index < -0.39 is 10.0 Å². The lowest BCUT2D eigenvalue weighted by atomic mass is 9.89. The van der Waals surface area contributed by atoms with Crippen molar-refractivity contribution in [2.45, 2.75) is 36.0 Å². The van der Waals surface area contributed by atoms with E-state index in [0.29, 0.717) is 17.4 Å². The normalized spacial score (nSPS) is 16.7. The smallest absolute Gasteiger partial charge is 0.242 e. The molecule has 1 aliphatic rings. The minimum absolute atomic E-state index is 0.0431. The summed E-state index contributed by atoms with van der Waals surface area (Å²) in [5.41, 5.74) is 2.39. The van der Waals surface area contributed by atoms with Crippen LogP contribution in [0.4, 0.5) is 0 Å². The van der Waals surface area contributed by atoms with Gasteiger partial charge in [0.1, 0.15) is 0 Å². The fraction of sp³-hybridized carbons (Fsp3) is 0.370. The number of likely N-dealkylation sites (tertiary alicyclic amines) is 1. The highest BCUT2D eigenvalue weighted by Crippen LogP contribution is 2.29. The molecule has 0 aliphatic carbocycles. The molecule has 0 unspecified atom stereocenters. The molecule has 1 fully saturated rings. The fourth-order valence-corrected chi connectivity index (χ4v) is 5.92. The molecule has 0 radical (unpaired) electrons. The van der Waals surface area contributed by atoms with E-state index in [0.717, 1.165) is 31.7 Å². The Hall–Kier alpha value is -2.54. The summed E-state index contributed by atoms with van der Waals surface area (Å²) in [5, 5.41) is 0. The van der Waals surface area contributed by atoms with Crippen molar-refractivity contribution in [3.63, 3.8) is 0 Å². The molecule has 0 amide bonds. The molecule has 0 spiro atoms. The van der Waals surface area contributed by atoms with Crippen LogP contribution in [0.1, 0.15) is 42.4 Å². The van der Waals surface area contributed by atoms with Crippen molar-refractivity contribution in [3.8, 4) is 0 Å². The minimum Gasteiger partial charge on any atom is -0.303 e. The molecule has 0 bridgehead atoms. The summed E-state index contributed by atoms with van der Waals surface area (Å²) < 4.78 is 27.6. The van der Waals surface area contributed by atoms with Crippen molar-refractivity contribution in [3.05, 3.63) is 96.3 Å². The number of likely N-dealkylation sites (N-methyl/N-ethyl adjacent to an activating group) is 1. The Morgan fingerprint density at radius 2 is 1.58 bits per heavy atom. The lowest BCUT2D eigenvalue weighted by Gasteiger charge is -2.33. The van der Waals surface area contributed by atoms with Gasteiger partial charge in [-0.1, -0.05) is 54.6 Å². The maximum Gasteiger partial charge on any atom is 0.242 e. The maximum atomic E-state index is 13.1. The summed E-state index contributed by atoms with van der Waals surface area (Å²) in [6.45, 7) is 3.51. The van der Waals surface area contributed by atoms with E-state index in [1.54, 1.807) is 37.5 Å². The van der Waals surface area contributed by atoms with Gasteiger partial charge in [-0.15, -0.1) is 0 Å². The highest BCUT2D eigenvalue weighted by molar-refractivity contribution is 7.89. The lowest BCUT2D eigenvalue weighted by Crippen LogP contribution is -2.36. The average molecular weight is 464 g/mol. The van der Waals surface area contributed by atoms with Crippen LogP contribution in [0.25, 0.3) is 0 Å². The zero-order valence-corrected chi connectivity index (χ0v) is 20.1. The summed E-state index contributed by atoms with van der Waals surface area (Å²) in [7, 11) is -1.86. The number of aromatic nitrogens is 1. The first kappa shape index (κ1) is 23.6. The monoisotopic (exact) mass is 463 g/mol. The highest BCUT2D eigenvalue weighted by Gasteiger charge is 2.26. The molecule has 5 nitrogen and oxygen atoms in total. The second-order valence-corrected chi connectivity index (χ2v) is 10.9. The molecule has 3 aromatic rings. The van der Waals surface area contributed by atoms with Gasteiger partial charge in [0.05, 0.1) is 4.90 Å². The third-order valence-electron chi connectivity index (χ3n) is 6.69. The maximum absolute atomic E-state index is 13.1. The van der Waals surface area contributed by atoms with Crippen molar-refractivity contribution in [1.82, 2.24) is 14.2 Å². The van der Waals surface area contributed by atoms with Gasteiger partial charge in [-0.3, -0.25) is 4.98 Å². The Labute approximate surface area is 198 Å². The number of sulfonamides is 1. The van der Waals surface area contributed by atoms with Crippen LogP contribution in [0.2, 0.25) is 0 Å². The number of piperidine rings is 1. The quantitative estimate of drug-likeness (QED) is 0.459. The standard InChI is InChI=1S/C27H33N3O2S/c1-29(33(31,32)26-12-6-3-7-13-26)22-25(27-14-8-9-18-28-27)17-21-30-19-15-24(16-20-30)23-10-4-2-5-11-23/h2-14,18,24-25H,15-17,19-22H2,1H3/t25-/m1/s1. The Kier molecular flexibility index (Phi) is 7.91. The molecule has 0 saturated carbocycles. The molecule has 4 rings (SSSR count). The second kappa shape index (κ2) is 11.1. The van der Waals surface area contributed by atoms with Crippen LogP contribution in [0.5, 0.6) is 0 Å². The number of pyridine rings is 1. The molecule has 33 heavy (non-hydrogen) atoms. The van der Waals surface area contributed by atoms with Crippen LogP contribution < -0.4 is 0 Å². The van der Waals surface area contributed by atoms with Crippen molar-refractivity contribution in [2.75, 3.05) is 33.2 Å². The van der Waals surface area contributed by atoms with Crippen molar-refractivity contribution in [2.24, 2.45) is 0 Å². The molecular weight excluding hydrogens is 430 g/mol. The topological polar surface area (TPSA) is 53.5 Å². The molecule has 2 heterocycles. The second-order valence-electron chi connectivity index (χ2n) is 8.87. The SMILES string of the molecule is CN(C[C@@H](CCN1CCC(c2ccccc2)CC1)c1ccccn1)S(=O)(=O)c1ccccc1. The zero-order chi connectivity index (χ0) is 23.1. The number of rotatable bonds is 9. The Morgan fingerprint density at radius 1 is 0.939 bits per heavy atom. The van der Waals surface area contributed by atoms with Gasteiger partial charge < -0.3 is 4.90 Å². The Bertz CT molecular complexity index is 1080. The van der Waals surface area contributed by atoms with Gasteiger partial charge in [0.25, 0.3) is 0 Å². The number of nitrogens with zero attached hydrogens (tertiary/aromatic N) is 3. The van der Waals surface area contributed by atoms with E-state index in [2.05, 4.69) is 40.2 Å². The molecular formula is C27H33N3O2S. The number of benzene rings is 2. The largest absolute Gasteiger partial charge is 0.303 e. The summed E-state index contributed by atoms with van der Waals surface area (Å²) in [4.78, 5) is 7.41. The summed E-state index contributed by atoms with van der Waals surface area (Å²) in [6.07, 6.45) is 5.00.